The van der Waals surface area contributed by atoms with Gasteiger partial charge in [-0.05, 0) is 28.8 Å². The lowest BCUT2D eigenvalue weighted by molar-refractivity contribution is -0.121. The minimum absolute atomic E-state index is 0.0849. The molecule has 4 N–H and O–H groups in total. The monoisotopic (exact) mass is 256 g/mol. The second-order valence-corrected chi connectivity index (χ2v) is 4.91. The third-order valence-corrected chi connectivity index (χ3v) is 3.23. The van der Waals surface area contributed by atoms with Gasteiger partial charge >= 0.3 is 0 Å². The number of nitrogens with one attached hydrogen (secondary N) is 1. The normalized spacial score (nSPS) is 14.3. The van der Waals surface area contributed by atoms with Crippen molar-refractivity contribution < 1.29 is 9.90 Å². The Morgan fingerprint density at radius 3 is 3.00 bits per heavy atom. The van der Waals surface area contributed by atoms with E-state index in [-0.39, 0.29) is 18.5 Å². The van der Waals surface area contributed by atoms with Gasteiger partial charge in [0, 0.05) is 19.0 Å². The molecule has 96 valence electrons. The smallest absolute Gasteiger partial charge is 0.221 e. The predicted molar refractivity (Wildman–Crippen MR) is 69.8 cm³/mol. The second-order valence-electron chi connectivity index (χ2n) is 4.13. The molecular formula is C12H20N2O2S. The molecule has 0 aliphatic carbocycles. The summed E-state index contributed by atoms with van der Waals surface area (Å²) in [5, 5.41) is 16.2. The van der Waals surface area contributed by atoms with Crippen molar-refractivity contribution in [2.24, 2.45) is 5.73 Å². The van der Waals surface area contributed by atoms with Crippen molar-refractivity contribution in [2.75, 3.05) is 6.54 Å². The SMILES string of the molecule is CCCC(N)CC(=O)NCC(O)c1ccsc1. The molecule has 0 fully saturated rings. The molecule has 2 unspecified atom stereocenters. The average Bonchev–Trinajstić information content (AvgIpc) is 2.79. The van der Waals surface area contributed by atoms with Crippen LogP contribution in [0.15, 0.2) is 16.8 Å². The summed E-state index contributed by atoms with van der Waals surface area (Å²) in [4.78, 5) is 11.5. The predicted octanol–water partition coefficient (Wildman–Crippen LogP) is 1.42. The van der Waals surface area contributed by atoms with Gasteiger partial charge in [0.2, 0.25) is 5.91 Å². The Balaban J connectivity index is 2.24. The molecule has 17 heavy (non-hydrogen) atoms. The summed E-state index contributed by atoms with van der Waals surface area (Å²) in [5.74, 6) is -0.0970. The van der Waals surface area contributed by atoms with Crippen LogP contribution in [-0.2, 0) is 4.79 Å². The average molecular weight is 256 g/mol. The summed E-state index contributed by atoms with van der Waals surface area (Å²) in [6, 6.07) is 1.77. The topological polar surface area (TPSA) is 75.4 Å². The maximum atomic E-state index is 11.5. The van der Waals surface area contributed by atoms with Crippen molar-refractivity contribution in [3.63, 3.8) is 0 Å². The fraction of sp³-hybridized carbons (Fsp3) is 0.583. The first kappa shape index (κ1) is 14.2. The van der Waals surface area contributed by atoms with Gasteiger partial charge in [-0.25, -0.2) is 0 Å². The fourth-order valence-corrected chi connectivity index (χ4v) is 2.28. The lowest BCUT2D eigenvalue weighted by Gasteiger charge is -2.13. The number of thiophene rings is 1. The molecule has 4 nitrogen and oxygen atoms in total. The van der Waals surface area contributed by atoms with Crippen LogP contribution in [0.4, 0.5) is 0 Å². The van der Waals surface area contributed by atoms with E-state index in [1.165, 1.54) is 11.3 Å². The Morgan fingerprint density at radius 2 is 2.41 bits per heavy atom. The van der Waals surface area contributed by atoms with Crippen LogP contribution in [-0.4, -0.2) is 23.6 Å². The van der Waals surface area contributed by atoms with E-state index in [0.717, 1.165) is 18.4 Å². The number of nitrogens with two attached hydrogens (primary N) is 1. The molecule has 0 spiro atoms. The molecular weight excluding hydrogens is 236 g/mol. The fourth-order valence-electron chi connectivity index (χ4n) is 1.58. The van der Waals surface area contributed by atoms with Crippen molar-refractivity contribution in [1.82, 2.24) is 5.32 Å². The highest BCUT2D eigenvalue weighted by Gasteiger charge is 2.12. The molecule has 2 atom stereocenters. The molecule has 0 saturated heterocycles. The van der Waals surface area contributed by atoms with Crippen molar-refractivity contribution in [3.05, 3.63) is 22.4 Å². The molecule has 0 bridgehead atoms. The first-order chi connectivity index (χ1) is 8.13. The number of rotatable bonds is 7. The van der Waals surface area contributed by atoms with Crippen LogP contribution in [0.3, 0.4) is 0 Å². The zero-order valence-electron chi connectivity index (χ0n) is 10.1. The van der Waals surface area contributed by atoms with Crippen molar-refractivity contribution in [2.45, 2.75) is 38.3 Å². The molecule has 1 aromatic rings. The summed E-state index contributed by atoms with van der Waals surface area (Å²) in [7, 11) is 0. The van der Waals surface area contributed by atoms with E-state index < -0.39 is 6.10 Å². The Bertz CT molecular complexity index is 327. The van der Waals surface area contributed by atoms with E-state index in [9.17, 15) is 9.90 Å². The Kier molecular flexibility index (Phi) is 6.18. The van der Waals surface area contributed by atoms with Crippen molar-refractivity contribution in [3.8, 4) is 0 Å². The number of carbonyl (C=O) groups is 1. The van der Waals surface area contributed by atoms with Gasteiger partial charge in [0.05, 0.1) is 6.10 Å². The number of hydrogen-bond acceptors (Lipinski definition) is 4. The highest BCUT2D eigenvalue weighted by Crippen LogP contribution is 2.15. The lowest BCUT2D eigenvalue weighted by atomic mass is 10.1. The van der Waals surface area contributed by atoms with E-state index in [1.807, 2.05) is 23.8 Å². The van der Waals surface area contributed by atoms with Crippen LogP contribution >= 0.6 is 11.3 Å². The molecule has 0 aromatic carbocycles. The van der Waals surface area contributed by atoms with Gasteiger partial charge in [-0.1, -0.05) is 13.3 Å². The van der Waals surface area contributed by atoms with Crippen LogP contribution in [0.25, 0.3) is 0 Å². The van der Waals surface area contributed by atoms with E-state index in [4.69, 9.17) is 5.73 Å². The molecule has 1 aromatic heterocycles. The largest absolute Gasteiger partial charge is 0.387 e. The van der Waals surface area contributed by atoms with Gasteiger partial charge < -0.3 is 16.2 Å². The van der Waals surface area contributed by atoms with Crippen LogP contribution in [0.5, 0.6) is 0 Å². The molecule has 1 rings (SSSR count). The molecule has 0 saturated carbocycles. The highest BCUT2D eigenvalue weighted by atomic mass is 32.1. The van der Waals surface area contributed by atoms with Crippen molar-refractivity contribution in [1.29, 1.82) is 0 Å². The quantitative estimate of drug-likeness (QED) is 0.690. The summed E-state index contributed by atoms with van der Waals surface area (Å²) >= 11 is 1.53. The maximum absolute atomic E-state index is 11.5. The van der Waals surface area contributed by atoms with E-state index in [0.29, 0.717) is 6.42 Å². The zero-order valence-corrected chi connectivity index (χ0v) is 10.9. The van der Waals surface area contributed by atoms with Crippen LogP contribution < -0.4 is 11.1 Å². The number of carbonyl (C=O) groups excluding carboxylic acids is 1. The summed E-state index contributed by atoms with van der Waals surface area (Å²) < 4.78 is 0. The Labute approximate surface area is 106 Å². The van der Waals surface area contributed by atoms with Crippen LogP contribution in [0, 0.1) is 0 Å². The minimum atomic E-state index is -0.632. The first-order valence-corrected chi connectivity index (χ1v) is 6.80. The van der Waals surface area contributed by atoms with Gasteiger partial charge in [-0.2, -0.15) is 11.3 Å². The first-order valence-electron chi connectivity index (χ1n) is 5.86. The molecule has 1 heterocycles. The summed E-state index contributed by atoms with van der Waals surface area (Å²) in [6.45, 7) is 2.28. The number of aliphatic hydroxyl groups excluding tert-OH is 1. The number of hydrogen-bond donors (Lipinski definition) is 3. The second kappa shape index (κ2) is 7.42. The zero-order chi connectivity index (χ0) is 12.7. The third-order valence-electron chi connectivity index (χ3n) is 2.53. The van der Waals surface area contributed by atoms with E-state index >= 15 is 0 Å². The standard InChI is InChI=1S/C12H20N2O2S/c1-2-3-10(13)6-12(16)14-7-11(15)9-4-5-17-8-9/h4-5,8,10-11,15H,2-3,6-7,13H2,1H3,(H,14,16). The molecule has 0 aliphatic heterocycles. The van der Waals surface area contributed by atoms with Gasteiger partial charge in [-0.15, -0.1) is 0 Å². The van der Waals surface area contributed by atoms with Gasteiger partial charge in [0.25, 0.3) is 0 Å². The maximum Gasteiger partial charge on any atom is 0.221 e. The third kappa shape index (κ3) is 5.30. The Morgan fingerprint density at radius 1 is 1.65 bits per heavy atom. The van der Waals surface area contributed by atoms with Crippen LogP contribution in [0.2, 0.25) is 0 Å². The van der Waals surface area contributed by atoms with Gasteiger partial charge in [-0.3, -0.25) is 4.79 Å². The summed E-state index contributed by atoms with van der Waals surface area (Å²) in [5.41, 5.74) is 6.61. The number of amides is 1. The molecule has 1 amide bonds. The Hall–Kier alpha value is -0.910. The van der Waals surface area contributed by atoms with Crippen molar-refractivity contribution >= 4 is 17.2 Å². The lowest BCUT2D eigenvalue weighted by Crippen LogP contribution is -2.33. The highest BCUT2D eigenvalue weighted by molar-refractivity contribution is 7.07. The van der Waals surface area contributed by atoms with Gasteiger partial charge in [0.1, 0.15) is 0 Å². The number of aliphatic hydroxyl groups is 1. The molecule has 5 heteroatoms. The molecule has 0 radical (unpaired) electrons. The van der Waals surface area contributed by atoms with E-state index in [2.05, 4.69) is 5.32 Å². The minimum Gasteiger partial charge on any atom is -0.387 e. The van der Waals surface area contributed by atoms with E-state index in [1.54, 1.807) is 0 Å². The molecule has 0 aliphatic rings. The summed E-state index contributed by atoms with van der Waals surface area (Å²) in [6.07, 6.45) is 1.52. The van der Waals surface area contributed by atoms with Gasteiger partial charge in [0.15, 0.2) is 0 Å². The van der Waals surface area contributed by atoms with Crippen LogP contribution in [0.1, 0.15) is 37.9 Å².